The molecule has 5 heteroatoms. The molecule has 88 valence electrons. The number of sulfone groups is 1. The SMILES string of the molecule is CC(N)c1ccc(S(=O)(=O)C2CC2)c(F)c1. The predicted molar refractivity (Wildman–Crippen MR) is 59.2 cm³/mol. The van der Waals surface area contributed by atoms with Crippen molar-refractivity contribution in [2.45, 2.75) is 36.0 Å². The highest BCUT2D eigenvalue weighted by atomic mass is 32.2. The molecule has 1 aliphatic rings. The summed E-state index contributed by atoms with van der Waals surface area (Å²) in [6, 6.07) is 3.80. The molecule has 0 aliphatic heterocycles. The van der Waals surface area contributed by atoms with Gasteiger partial charge in [-0.3, -0.25) is 0 Å². The molecule has 1 saturated carbocycles. The van der Waals surface area contributed by atoms with E-state index >= 15 is 0 Å². The smallest absolute Gasteiger partial charge is 0.184 e. The van der Waals surface area contributed by atoms with Crippen molar-refractivity contribution >= 4 is 9.84 Å². The maximum Gasteiger partial charge on any atom is 0.184 e. The summed E-state index contributed by atoms with van der Waals surface area (Å²) in [6.07, 6.45) is 1.27. The average molecular weight is 243 g/mol. The molecule has 1 aliphatic carbocycles. The highest BCUT2D eigenvalue weighted by Gasteiger charge is 2.38. The fraction of sp³-hybridized carbons (Fsp3) is 0.455. The topological polar surface area (TPSA) is 60.2 Å². The summed E-state index contributed by atoms with van der Waals surface area (Å²) < 4.78 is 37.3. The highest BCUT2D eigenvalue weighted by molar-refractivity contribution is 7.92. The second-order valence-corrected chi connectivity index (χ2v) is 6.42. The standard InChI is InChI=1S/C11H14FNO2S/c1-7(13)8-2-5-11(10(12)6-8)16(14,15)9-3-4-9/h2,5-7,9H,3-4,13H2,1H3. The largest absolute Gasteiger partial charge is 0.324 e. The molecule has 0 spiro atoms. The number of nitrogens with two attached hydrogens (primary N) is 1. The molecule has 0 heterocycles. The Balaban J connectivity index is 2.43. The van der Waals surface area contributed by atoms with Crippen LogP contribution < -0.4 is 5.73 Å². The van der Waals surface area contributed by atoms with Gasteiger partial charge in [0, 0.05) is 6.04 Å². The lowest BCUT2D eigenvalue weighted by Crippen LogP contribution is -2.11. The molecule has 0 saturated heterocycles. The average Bonchev–Trinajstić information content (AvgIpc) is 2.99. The van der Waals surface area contributed by atoms with Gasteiger partial charge in [-0.15, -0.1) is 0 Å². The second-order valence-electron chi connectivity index (χ2n) is 4.22. The van der Waals surface area contributed by atoms with Gasteiger partial charge in [0.1, 0.15) is 10.7 Å². The fourth-order valence-corrected chi connectivity index (χ4v) is 3.29. The van der Waals surface area contributed by atoms with Gasteiger partial charge in [0.25, 0.3) is 0 Å². The minimum Gasteiger partial charge on any atom is -0.324 e. The summed E-state index contributed by atoms with van der Waals surface area (Å²) in [5.41, 5.74) is 6.20. The molecule has 16 heavy (non-hydrogen) atoms. The molecule has 2 N–H and O–H groups in total. The summed E-state index contributed by atoms with van der Waals surface area (Å²) >= 11 is 0. The molecular weight excluding hydrogens is 229 g/mol. The lowest BCUT2D eigenvalue weighted by molar-refractivity contribution is 0.563. The van der Waals surface area contributed by atoms with Crippen LogP contribution in [0.2, 0.25) is 0 Å². The molecule has 0 radical (unpaired) electrons. The van der Waals surface area contributed by atoms with Gasteiger partial charge in [0.2, 0.25) is 0 Å². The normalized spacial score (nSPS) is 18.4. The van der Waals surface area contributed by atoms with Gasteiger partial charge in [0.15, 0.2) is 9.84 Å². The second kappa shape index (κ2) is 3.82. The number of benzene rings is 1. The molecule has 0 amide bonds. The van der Waals surface area contributed by atoms with Crippen LogP contribution in [0.5, 0.6) is 0 Å². The van der Waals surface area contributed by atoms with E-state index in [1.165, 1.54) is 12.1 Å². The van der Waals surface area contributed by atoms with E-state index in [0.717, 1.165) is 0 Å². The van der Waals surface area contributed by atoms with Crippen LogP contribution in [0, 0.1) is 5.82 Å². The van der Waals surface area contributed by atoms with Crippen molar-refractivity contribution in [1.29, 1.82) is 0 Å². The van der Waals surface area contributed by atoms with E-state index in [1.54, 1.807) is 13.0 Å². The number of hydrogen-bond donors (Lipinski definition) is 1. The van der Waals surface area contributed by atoms with Crippen LogP contribution in [0.25, 0.3) is 0 Å². The lowest BCUT2D eigenvalue weighted by atomic mass is 10.1. The van der Waals surface area contributed by atoms with Crippen molar-refractivity contribution in [1.82, 2.24) is 0 Å². The van der Waals surface area contributed by atoms with Crippen molar-refractivity contribution in [3.63, 3.8) is 0 Å². The van der Waals surface area contributed by atoms with E-state index in [4.69, 9.17) is 5.73 Å². The van der Waals surface area contributed by atoms with Crippen molar-refractivity contribution in [2.24, 2.45) is 5.73 Å². The number of hydrogen-bond acceptors (Lipinski definition) is 3. The molecule has 2 rings (SSSR count). The van der Waals surface area contributed by atoms with Crippen molar-refractivity contribution in [2.75, 3.05) is 0 Å². The van der Waals surface area contributed by atoms with Crippen LogP contribution in [-0.4, -0.2) is 13.7 Å². The first-order valence-electron chi connectivity index (χ1n) is 5.22. The Morgan fingerprint density at radius 2 is 2.06 bits per heavy atom. The molecule has 1 fully saturated rings. The van der Waals surface area contributed by atoms with E-state index in [9.17, 15) is 12.8 Å². The van der Waals surface area contributed by atoms with E-state index < -0.39 is 15.7 Å². The minimum atomic E-state index is -3.45. The van der Waals surface area contributed by atoms with Crippen LogP contribution in [0.15, 0.2) is 23.1 Å². The Morgan fingerprint density at radius 3 is 2.50 bits per heavy atom. The van der Waals surface area contributed by atoms with Gasteiger partial charge < -0.3 is 5.73 Å². The monoisotopic (exact) mass is 243 g/mol. The van der Waals surface area contributed by atoms with Crippen molar-refractivity contribution in [3.8, 4) is 0 Å². The third-order valence-electron chi connectivity index (χ3n) is 2.75. The van der Waals surface area contributed by atoms with Crippen LogP contribution >= 0.6 is 0 Å². The Labute approximate surface area is 94.4 Å². The third kappa shape index (κ3) is 1.97. The maximum atomic E-state index is 13.7. The molecule has 0 aromatic heterocycles. The van der Waals surface area contributed by atoms with Crippen molar-refractivity contribution in [3.05, 3.63) is 29.6 Å². The van der Waals surface area contributed by atoms with E-state index in [-0.39, 0.29) is 16.2 Å². The molecular formula is C11H14FNO2S. The lowest BCUT2D eigenvalue weighted by Gasteiger charge is -2.09. The van der Waals surface area contributed by atoms with Gasteiger partial charge in [-0.2, -0.15) is 0 Å². The molecule has 1 atom stereocenters. The first-order valence-corrected chi connectivity index (χ1v) is 6.76. The van der Waals surface area contributed by atoms with Gasteiger partial charge in [-0.05, 0) is 37.5 Å². The minimum absolute atomic E-state index is 0.195. The summed E-state index contributed by atoms with van der Waals surface area (Å²) in [7, 11) is -3.45. The maximum absolute atomic E-state index is 13.7. The van der Waals surface area contributed by atoms with E-state index in [1.807, 2.05) is 0 Å². The number of rotatable bonds is 3. The Hall–Kier alpha value is -0.940. The van der Waals surface area contributed by atoms with Gasteiger partial charge in [-0.25, -0.2) is 12.8 Å². The highest BCUT2D eigenvalue weighted by Crippen LogP contribution is 2.34. The molecule has 1 unspecified atom stereocenters. The zero-order valence-electron chi connectivity index (χ0n) is 8.98. The zero-order valence-corrected chi connectivity index (χ0v) is 9.80. The molecule has 0 bridgehead atoms. The summed E-state index contributed by atoms with van der Waals surface area (Å²) in [6.45, 7) is 1.73. The Kier molecular flexibility index (Phi) is 2.75. The van der Waals surface area contributed by atoms with Crippen LogP contribution in [-0.2, 0) is 9.84 Å². The Morgan fingerprint density at radius 1 is 1.44 bits per heavy atom. The van der Waals surface area contributed by atoms with Gasteiger partial charge in [0.05, 0.1) is 5.25 Å². The zero-order chi connectivity index (χ0) is 11.9. The van der Waals surface area contributed by atoms with Crippen LogP contribution in [0.4, 0.5) is 4.39 Å². The van der Waals surface area contributed by atoms with Crippen molar-refractivity contribution < 1.29 is 12.8 Å². The van der Waals surface area contributed by atoms with E-state index in [2.05, 4.69) is 0 Å². The van der Waals surface area contributed by atoms with Crippen LogP contribution in [0.1, 0.15) is 31.4 Å². The molecule has 1 aromatic rings. The summed E-state index contributed by atoms with van der Waals surface area (Å²) in [4.78, 5) is -0.195. The quantitative estimate of drug-likeness (QED) is 0.880. The van der Waals surface area contributed by atoms with E-state index in [0.29, 0.717) is 18.4 Å². The predicted octanol–water partition coefficient (Wildman–Crippen LogP) is 1.78. The molecule has 1 aromatic carbocycles. The Bertz CT molecular complexity index is 507. The molecule has 3 nitrogen and oxygen atoms in total. The third-order valence-corrected chi connectivity index (χ3v) is 5.04. The first-order chi connectivity index (χ1) is 7.43. The van der Waals surface area contributed by atoms with Gasteiger partial charge >= 0.3 is 0 Å². The van der Waals surface area contributed by atoms with Gasteiger partial charge in [-0.1, -0.05) is 6.07 Å². The fourth-order valence-electron chi connectivity index (χ4n) is 1.59. The summed E-state index contributed by atoms with van der Waals surface area (Å²) in [5, 5.41) is -0.386. The first kappa shape index (κ1) is 11.5. The van der Waals surface area contributed by atoms with Crippen LogP contribution in [0.3, 0.4) is 0 Å². The summed E-state index contributed by atoms with van der Waals surface area (Å²) in [5.74, 6) is -0.693. The number of halogens is 1.